The summed E-state index contributed by atoms with van der Waals surface area (Å²) in [5.74, 6) is 1.59. The molecule has 0 unspecified atom stereocenters. The van der Waals surface area contributed by atoms with Gasteiger partial charge >= 0.3 is 0 Å². The molecule has 0 saturated carbocycles. The Morgan fingerprint density at radius 3 is 2.97 bits per heavy atom. The largest absolute Gasteiger partial charge is 0.494 e. The standard InChI is InChI=1S/C23H24N6O3S2/c1-2-31-16-5-6-18-19(12-16)34-22(25-18)26-20(30)14-33-23-28-27-21(15-7-9-24-10-8-15)29(23)13-17-4-3-11-32-17/h5-10,12,17H,2-4,11,13-14H2,1H3,(H,25,26,30)/t17-/m0/s1. The number of thiazole rings is 1. The van der Waals surface area contributed by atoms with Crippen molar-refractivity contribution in [3.8, 4) is 17.1 Å². The summed E-state index contributed by atoms with van der Waals surface area (Å²) in [4.78, 5) is 21.3. The Morgan fingerprint density at radius 2 is 2.18 bits per heavy atom. The topological polar surface area (TPSA) is 104 Å². The monoisotopic (exact) mass is 496 g/mol. The number of benzene rings is 1. The van der Waals surface area contributed by atoms with Crippen LogP contribution in [0.15, 0.2) is 47.9 Å². The molecule has 0 spiro atoms. The van der Waals surface area contributed by atoms with Crippen molar-refractivity contribution >= 4 is 44.4 Å². The van der Waals surface area contributed by atoms with E-state index in [4.69, 9.17) is 9.47 Å². The van der Waals surface area contributed by atoms with Crippen LogP contribution in [0.1, 0.15) is 19.8 Å². The van der Waals surface area contributed by atoms with Crippen LogP contribution in [-0.2, 0) is 16.1 Å². The summed E-state index contributed by atoms with van der Waals surface area (Å²) >= 11 is 2.78. The van der Waals surface area contributed by atoms with Crippen LogP contribution >= 0.6 is 23.1 Å². The SMILES string of the molecule is CCOc1ccc2nc(NC(=O)CSc3nnc(-c4ccncc4)n3C[C@@H]3CCCO3)sc2c1. The first kappa shape index (κ1) is 22.8. The lowest BCUT2D eigenvalue weighted by atomic mass is 10.2. The number of anilines is 1. The maximum Gasteiger partial charge on any atom is 0.236 e. The lowest BCUT2D eigenvalue weighted by molar-refractivity contribution is -0.113. The second-order valence-corrected chi connectivity index (χ2v) is 9.68. The number of pyridine rings is 1. The molecule has 1 N–H and O–H groups in total. The van der Waals surface area contributed by atoms with Crippen molar-refractivity contribution < 1.29 is 14.3 Å². The van der Waals surface area contributed by atoms with Gasteiger partial charge in [0, 0.05) is 24.6 Å². The molecule has 3 aromatic heterocycles. The first-order chi connectivity index (χ1) is 16.7. The molecule has 1 aliphatic heterocycles. The second-order valence-electron chi connectivity index (χ2n) is 7.71. The fraction of sp³-hybridized carbons (Fsp3) is 0.348. The zero-order valence-electron chi connectivity index (χ0n) is 18.6. The van der Waals surface area contributed by atoms with Crippen LogP contribution in [-0.4, -0.2) is 55.7 Å². The summed E-state index contributed by atoms with van der Waals surface area (Å²) < 4.78 is 14.4. The molecule has 1 aliphatic rings. The van der Waals surface area contributed by atoms with Crippen LogP contribution < -0.4 is 10.1 Å². The molecule has 0 aliphatic carbocycles. The zero-order valence-corrected chi connectivity index (χ0v) is 20.3. The number of ether oxygens (including phenoxy) is 2. The molecule has 11 heteroatoms. The van der Waals surface area contributed by atoms with Gasteiger partial charge in [0.05, 0.1) is 35.2 Å². The third-order valence-corrected chi connectivity index (χ3v) is 7.22. The van der Waals surface area contributed by atoms with Crippen LogP contribution in [0, 0.1) is 0 Å². The molecule has 0 bridgehead atoms. The van der Waals surface area contributed by atoms with Gasteiger partial charge in [-0.1, -0.05) is 23.1 Å². The van der Waals surface area contributed by atoms with E-state index >= 15 is 0 Å². The molecule has 1 saturated heterocycles. The highest BCUT2D eigenvalue weighted by atomic mass is 32.2. The molecule has 1 aromatic carbocycles. The number of amides is 1. The van der Waals surface area contributed by atoms with Crippen LogP contribution in [0.4, 0.5) is 5.13 Å². The van der Waals surface area contributed by atoms with E-state index in [1.54, 1.807) is 12.4 Å². The van der Waals surface area contributed by atoms with Gasteiger partial charge in [-0.2, -0.15) is 0 Å². The summed E-state index contributed by atoms with van der Waals surface area (Å²) in [6, 6.07) is 9.53. The van der Waals surface area contributed by atoms with Gasteiger partial charge in [-0.3, -0.25) is 14.3 Å². The summed E-state index contributed by atoms with van der Waals surface area (Å²) in [6.07, 6.45) is 5.64. The van der Waals surface area contributed by atoms with E-state index in [-0.39, 0.29) is 17.8 Å². The van der Waals surface area contributed by atoms with E-state index in [0.717, 1.165) is 46.8 Å². The highest BCUT2D eigenvalue weighted by molar-refractivity contribution is 7.99. The van der Waals surface area contributed by atoms with Crippen molar-refractivity contribution in [1.82, 2.24) is 24.7 Å². The molecular weight excluding hydrogens is 472 g/mol. The van der Waals surface area contributed by atoms with Gasteiger partial charge in [-0.15, -0.1) is 10.2 Å². The Hall–Kier alpha value is -3.02. The highest BCUT2D eigenvalue weighted by Crippen LogP contribution is 2.30. The minimum Gasteiger partial charge on any atom is -0.494 e. The maximum atomic E-state index is 12.7. The Balaban J connectivity index is 1.28. The first-order valence-corrected chi connectivity index (χ1v) is 12.9. The minimum atomic E-state index is -0.147. The Labute approximate surface area is 204 Å². The van der Waals surface area contributed by atoms with E-state index in [9.17, 15) is 4.79 Å². The number of rotatable bonds is 9. The smallest absolute Gasteiger partial charge is 0.236 e. The lowest BCUT2D eigenvalue weighted by Crippen LogP contribution is -2.18. The van der Waals surface area contributed by atoms with Crippen LogP contribution in [0.5, 0.6) is 5.75 Å². The van der Waals surface area contributed by atoms with Crippen LogP contribution in [0.2, 0.25) is 0 Å². The number of nitrogens with one attached hydrogen (secondary N) is 1. The number of nitrogens with zero attached hydrogens (tertiary/aromatic N) is 5. The number of hydrogen-bond acceptors (Lipinski definition) is 9. The molecular formula is C23H24N6O3S2. The first-order valence-electron chi connectivity index (χ1n) is 11.1. The number of hydrogen-bond donors (Lipinski definition) is 1. The van der Waals surface area contributed by atoms with E-state index in [1.807, 2.05) is 41.8 Å². The molecule has 176 valence electrons. The molecule has 4 aromatic rings. The summed E-state index contributed by atoms with van der Waals surface area (Å²) in [6.45, 7) is 3.97. The number of aromatic nitrogens is 5. The van der Waals surface area contributed by atoms with Crippen molar-refractivity contribution in [3.05, 3.63) is 42.7 Å². The van der Waals surface area contributed by atoms with Gasteiger partial charge < -0.3 is 14.8 Å². The second kappa shape index (κ2) is 10.5. The average molecular weight is 497 g/mol. The summed E-state index contributed by atoms with van der Waals surface area (Å²) in [5.41, 5.74) is 1.76. The van der Waals surface area contributed by atoms with E-state index in [1.165, 1.54) is 23.1 Å². The van der Waals surface area contributed by atoms with E-state index < -0.39 is 0 Å². The lowest BCUT2D eigenvalue weighted by Gasteiger charge is -2.14. The molecule has 5 rings (SSSR count). The molecule has 9 nitrogen and oxygen atoms in total. The van der Waals surface area contributed by atoms with Gasteiger partial charge in [0.15, 0.2) is 16.1 Å². The van der Waals surface area contributed by atoms with Crippen LogP contribution in [0.25, 0.3) is 21.6 Å². The Kier molecular flexibility index (Phi) is 7.02. The summed E-state index contributed by atoms with van der Waals surface area (Å²) in [5, 5.41) is 12.9. The number of carbonyl (C=O) groups is 1. The predicted octanol–water partition coefficient (Wildman–Crippen LogP) is 4.26. The quantitative estimate of drug-likeness (QED) is 0.343. The highest BCUT2D eigenvalue weighted by Gasteiger charge is 2.22. The van der Waals surface area contributed by atoms with Crippen molar-refractivity contribution in [2.24, 2.45) is 0 Å². The van der Waals surface area contributed by atoms with Crippen molar-refractivity contribution in [2.75, 3.05) is 24.3 Å². The fourth-order valence-corrected chi connectivity index (χ4v) is 5.43. The average Bonchev–Trinajstić information content (AvgIpc) is 3.59. The third-order valence-electron chi connectivity index (χ3n) is 5.32. The Bertz CT molecular complexity index is 1270. The number of carbonyl (C=O) groups excluding carboxylic acids is 1. The van der Waals surface area contributed by atoms with Crippen molar-refractivity contribution in [1.29, 1.82) is 0 Å². The third kappa shape index (κ3) is 5.21. The van der Waals surface area contributed by atoms with E-state index in [2.05, 4.69) is 25.5 Å². The van der Waals surface area contributed by atoms with Gasteiger partial charge in [0.1, 0.15) is 5.75 Å². The van der Waals surface area contributed by atoms with Crippen molar-refractivity contribution in [3.63, 3.8) is 0 Å². The molecule has 4 heterocycles. The van der Waals surface area contributed by atoms with Crippen LogP contribution in [0.3, 0.4) is 0 Å². The fourth-order valence-electron chi connectivity index (χ4n) is 3.77. The maximum absolute atomic E-state index is 12.7. The minimum absolute atomic E-state index is 0.120. The predicted molar refractivity (Wildman–Crippen MR) is 132 cm³/mol. The zero-order chi connectivity index (χ0) is 23.3. The van der Waals surface area contributed by atoms with Crippen molar-refractivity contribution in [2.45, 2.75) is 37.6 Å². The molecule has 1 amide bonds. The molecule has 0 radical (unpaired) electrons. The molecule has 34 heavy (non-hydrogen) atoms. The van der Waals surface area contributed by atoms with Gasteiger partial charge in [-0.05, 0) is 50.1 Å². The summed E-state index contributed by atoms with van der Waals surface area (Å²) in [7, 11) is 0. The Morgan fingerprint density at radius 1 is 1.29 bits per heavy atom. The number of fused-ring (bicyclic) bond motifs is 1. The number of thioether (sulfide) groups is 1. The normalized spacial score (nSPS) is 15.6. The van der Waals surface area contributed by atoms with Gasteiger partial charge in [-0.25, -0.2) is 4.98 Å². The molecule has 1 fully saturated rings. The van der Waals surface area contributed by atoms with E-state index in [0.29, 0.717) is 23.4 Å². The van der Waals surface area contributed by atoms with Gasteiger partial charge in [0.2, 0.25) is 5.91 Å². The van der Waals surface area contributed by atoms with Gasteiger partial charge in [0.25, 0.3) is 0 Å². The molecule has 1 atom stereocenters.